The molecule has 4 nitrogen and oxygen atoms in total. The Kier molecular flexibility index (Phi) is 1.94. The quantitative estimate of drug-likeness (QED) is 0.571. The average molecular weight is 192 g/mol. The Morgan fingerprint density at radius 1 is 1.29 bits per heavy atom. The van der Waals surface area contributed by atoms with E-state index in [9.17, 15) is 0 Å². The molecule has 0 spiro atoms. The maximum atomic E-state index is 4.28. The van der Waals surface area contributed by atoms with Crippen molar-refractivity contribution < 1.29 is 0 Å². The van der Waals surface area contributed by atoms with E-state index in [1.807, 2.05) is 24.5 Å². The zero-order chi connectivity index (χ0) is 10.3. The summed E-state index contributed by atoms with van der Waals surface area (Å²) in [5.74, 6) is 0.303. The van der Waals surface area contributed by atoms with Crippen LogP contribution in [-0.4, -0.2) is 36.2 Å². The molecule has 0 aromatic carbocycles. The number of hydrogen-bond donors (Lipinski definition) is 0. The molecule has 2 rings (SSSR count). The molecule has 2 heterocycles. The van der Waals surface area contributed by atoms with E-state index in [-0.39, 0.29) is 11.5 Å². The summed E-state index contributed by atoms with van der Waals surface area (Å²) in [6, 6.07) is 0.265. The number of hydrazone groups is 1. The van der Waals surface area contributed by atoms with Crippen molar-refractivity contribution in [2.24, 2.45) is 26.6 Å². The summed E-state index contributed by atoms with van der Waals surface area (Å²) >= 11 is 0. The molecule has 0 N–H and O–H groups in total. The minimum atomic E-state index is 0.0673. The van der Waals surface area contributed by atoms with Crippen LogP contribution >= 0.6 is 0 Å². The Balaban J connectivity index is 2.32. The van der Waals surface area contributed by atoms with Gasteiger partial charge in [-0.15, -0.1) is 0 Å². The van der Waals surface area contributed by atoms with Gasteiger partial charge in [0.05, 0.1) is 23.9 Å². The van der Waals surface area contributed by atoms with Crippen LogP contribution in [0.25, 0.3) is 0 Å². The van der Waals surface area contributed by atoms with Gasteiger partial charge in [0.15, 0.2) is 0 Å². The molecule has 0 aromatic rings. The number of rotatable bonds is 0. The van der Waals surface area contributed by atoms with Crippen LogP contribution in [0.4, 0.5) is 0 Å². The van der Waals surface area contributed by atoms with Gasteiger partial charge in [-0.25, -0.2) is 0 Å². The van der Waals surface area contributed by atoms with Crippen molar-refractivity contribution in [3.05, 3.63) is 0 Å². The molecule has 0 saturated heterocycles. The SMILES string of the molecule is CN1N=CC2C(C(C)(C)C)=NN=CC21. The molecular weight excluding hydrogens is 176 g/mol. The summed E-state index contributed by atoms with van der Waals surface area (Å²) in [6.45, 7) is 6.49. The highest BCUT2D eigenvalue weighted by Gasteiger charge is 2.38. The standard InChI is InChI=1S/C10H16N4/c1-10(2,3)9-7-5-12-14(4)8(7)6-11-13-9/h5-8H,1-4H3. The molecule has 0 radical (unpaired) electrons. The second-order valence-electron chi connectivity index (χ2n) is 4.85. The van der Waals surface area contributed by atoms with Crippen LogP contribution in [0.5, 0.6) is 0 Å². The van der Waals surface area contributed by atoms with E-state index in [4.69, 9.17) is 0 Å². The zero-order valence-corrected chi connectivity index (χ0v) is 9.10. The molecule has 0 fully saturated rings. The number of nitrogens with zero attached hydrogens (tertiary/aromatic N) is 4. The fourth-order valence-corrected chi connectivity index (χ4v) is 1.88. The van der Waals surface area contributed by atoms with Gasteiger partial charge in [-0.2, -0.15) is 15.3 Å². The minimum Gasteiger partial charge on any atom is -0.291 e. The number of fused-ring (bicyclic) bond motifs is 1. The minimum absolute atomic E-state index is 0.0673. The Labute approximate surface area is 84.4 Å². The highest BCUT2D eigenvalue weighted by Crippen LogP contribution is 2.29. The van der Waals surface area contributed by atoms with Crippen LogP contribution in [-0.2, 0) is 0 Å². The molecule has 2 unspecified atom stereocenters. The normalized spacial score (nSPS) is 30.6. The third-order valence-corrected chi connectivity index (χ3v) is 2.68. The van der Waals surface area contributed by atoms with Gasteiger partial charge in [-0.3, -0.25) is 5.01 Å². The van der Waals surface area contributed by atoms with Gasteiger partial charge in [0.25, 0.3) is 0 Å². The molecule has 0 amide bonds. The molecule has 2 aliphatic heterocycles. The van der Waals surface area contributed by atoms with E-state index in [2.05, 4.69) is 36.1 Å². The fraction of sp³-hybridized carbons (Fsp3) is 0.700. The Hall–Kier alpha value is -1.19. The molecule has 2 aliphatic rings. The Bertz CT molecular complexity index is 322. The van der Waals surface area contributed by atoms with Crippen molar-refractivity contribution in [2.75, 3.05) is 7.05 Å². The van der Waals surface area contributed by atoms with Crippen molar-refractivity contribution in [1.29, 1.82) is 0 Å². The summed E-state index contributed by atoms with van der Waals surface area (Å²) in [5, 5.41) is 14.5. The highest BCUT2D eigenvalue weighted by atomic mass is 15.5. The lowest BCUT2D eigenvalue weighted by molar-refractivity contribution is 0.327. The monoisotopic (exact) mass is 192 g/mol. The average Bonchev–Trinajstić information content (AvgIpc) is 2.46. The van der Waals surface area contributed by atoms with Crippen LogP contribution in [0, 0.1) is 11.3 Å². The van der Waals surface area contributed by atoms with Gasteiger partial charge >= 0.3 is 0 Å². The summed E-state index contributed by atoms with van der Waals surface area (Å²) in [7, 11) is 1.97. The maximum Gasteiger partial charge on any atom is 0.0968 e. The molecule has 2 atom stereocenters. The molecule has 0 saturated carbocycles. The first kappa shape index (κ1) is 9.37. The van der Waals surface area contributed by atoms with Gasteiger partial charge in [0.2, 0.25) is 0 Å². The predicted molar refractivity (Wildman–Crippen MR) is 58.9 cm³/mol. The third-order valence-electron chi connectivity index (χ3n) is 2.68. The van der Waals surface area contributed by atoms with E-state index >= 15 is 0 Å². The van der Waals surface area contributed by atoms with Gasteiger partial charge in [0.1, 0.15) is 0 Å². The van der Waals surface area contributed by atoms with Crippen molar-refractivity contribution in [3.63, 3.8) is 0 Å². The van der Waals surface area contributed by atoms with E-state index in [1.54, 1.807) is 0 Å². The molecule has 14 heavy (non-hydrogen) atoms. The lowest BCUT2D eigenvalue weighted by Gasteiger charge is -2.30. The topological polar surface area (TPSA) is 40.3 Å². The molecule has 76 valence electrons. The number of hydrogen-bond acceptors (Lipinski definition) is 4. The second-order valence-corrected chi connectivity index (χ2v) is 4.85. The van der Waals surface area contributed by atoms with E-state index in [0.29, 0.717) is 5.92 Å². The molecule has 0 aliphatic carbocycles. The lowest BCUT2D eigenvalue weighted by atomic mass is 9.79. The maximum absolute atomic E-state index is 4.28. The van der Waals surface area contributed by atoms with Gasteiger partial charge < -0.3 is 0 Å². The summed E-state index contributed by atoms with van der Waals surface area (Å²) in [5.41, 5.74) is 1.19. The van der Waals surface area contributed by atoms with Gasteiger partial charge in [0, 0.05) is 18.7 Å². The van der Waals surface area contributed by atoms with Crippen LogP contribution in [0.1, 0.15) is 20.8 Å². The van der Waals surface area contributed by atoms with Crippen molar-refractivity contribution in [1.82, 2.24) is 5.01 Å². The second kappa shape index (κ2) is 2.90. The van der Waals surface area contributed by atoms with E-state index < -0.39 is 0 Å². The smallest absolute Gasteiger partial charge is 0.0968 e. The predicted octanol–water partition coefficient (Wildman–Crippen LogP) is 1.39. The first-order valence-corrected chi connectivity index (χ1v) is 4.88. The zero-order valence-electron chi connectivity index (χ0n) is 9.10. The molecule has 0 bridgehead atoms. The van der Waals surface area contributed by atoms with E-state index in [1.165, 1.54) is 0 Å². The van der Waals surface area contributed by atoms with Crippen LogP contribution in [0.3, 0.4) is 0 Å². The Morgan fingerprint density at radius 3 is 2.64 bits per heavy atom. The molecule has 0 aromatic heterocycles. The first-order valence-electron chi connectivity index (χ1n) is 4.88. The third kappa shape index (κ3) is 1.35. The molecular formula is C10H16N4. The van der Waals surface area contributed by atoms with Crippen molar-refractivity contribution in [3.8, 4) is 0 Å². The first-order chi connectivity index (χ1) is 6.50. The Morgan fingerprint density at radius 2 is 2.00 bits per heavy atom. The van der Waals surface area contributed by atoms with Crippen LogP contribution in [0.2, 0.25) is 0 Å². The summed E-state index contributed by atoms with van der Waals surface area (Å²) < 4.78 is 0. The summed E-state index contributed by atoms with van der Waals surface area (Å²) in [6.07, 6.45) is 3.84. The molecule has 4 heteroatoms. The van der Waals surface area contributed by atoms with Crippen LogP contribution in [0.15, 0.2) is 15.3 Å². The van der Waals surface area contributed by atoms with Gasteiger partial charge in [-0.1, -0.05) is 20.8 Å². The van der Waals surface area contributed by atoms with Crippen LogP contribution < -0.4 is 0 Å². The lowest BCUT2D eigenvalue weighted by Crippen LogP contribution is -2.42. The van der Waals surface area contributed by atoms with Crippen molar-refractivity contribution >= 4 is 18.1 Å². The van der Waals surface area contributed by atoms with Gasteiger partial charge in [-0.05, 0) is 0 Å². The fourth-order valence-electron chi connectivity index (χ4n) is 1.88. The highest BCUT2D eigenvalue weighted by molar-refractivity contribution is 6.06. The van der Waals surface area contributed by atoms with Crippen molar-refractivity contribution in [2.45, 2.75) is 26.8 Å². The van der Waals surface area contributed by atoms with E-state index in [0.717, 1.165) is 5.71 Å². The largest absolute Gasteiger partial charge is 0.291 e. The summed E-state index contributed by atoms with van der Waals surface area (Å²) in [4.78, 5) is 0.